The third-order valence-electron chi connectivity index (χ3n) is 3.18. The van der Waals surface area contributed by atoms with Gasteiger partial charge in [-0.15, -0.1) is 0 Å². The molecule has 1 aliphatic rings. The molecule has 0 saturated carbocycles. The lowest BCUT2D eigenvalue weighted by atomic mass is 9.90. The van der Waals surface area contributed by atoms with E-state index in [9.17, 15) is 4.79 Å². The Morgan fingerprint density at radius 1 is 1.32 bits per heavy atom. The smallest absolute Gasteiger partial charge is 0.319 e. The topological polar surface area (TPSA) is 41.1 Å². The van der Waals surface area contributed by atoms with Crippen molar-refractivity contribution >= 4 is 43.6 Å². The van der Waals surface area contributed by atoms with Gasteiger partial charge in [0.05, 0.1) is 6.54 Å². The minimum absolute atomic E-state index is 0.176. The van der Waals surface area contributed by atoms with E-state index in [0.29, 0.717) is 6.54 Å². The average Bonchev–Trinajstić information content (AvgIpc) is 2.45. The number of benzene rings is 1. The van der Waals surface area contributed by atoms with E-state index < -0.39 is 0 Å². The lowest BCUT2D eigenvalue weighted by Gasteiger charge is -2.19. The zero-order valence-corrected chi connectivity index (χ0v) is 13.7. The number of rotatable bonds is 3. The van der Waals surface area contributed by atoms with Gasteiger partial charge in [-0.05, 0) is 47.9 Å². The summed E-state index contributed by atoms with van der Waals surface area (Å²) in [5.41, 5.74) is 3.60. The van der Waals surface area contributed by atoms with Crippen LogP contribution >= 0.6 is 31.9 Å². The molecule has 2 rings (SSSR count). The van der Waals surface area contributed by atoms with Crippen molar-refractivity contribution in [3.05, 3.63) is 38.8 Å². The predicted octanol–water partition coefficient (Wildman–Crippen LogP) is 4.32. The van der Waals surface area contributed by atoms with Crippen LogP contribution in [-0.2, 0) is 12.8 Å². The molecule has 0 heterocycles. The van der Waals surface area contributed by atoms with Crippen LogP contribution in [0.1, 0.15) is 24.0 Å². The van der Waals surface area contributed by atoms with E-state index in [2.05, 4.69) is 48.6 Å². The van der Waals surface area contributed by atoms with Gasteiger partial charge in [-0.25, -0.2) is 4.79 Å². The van der Waals surface area contributed by atoms with Gasteiger partial charge in [-0.2, -0.15) is 0 Å². The van der Waals surface area contributed by atoms with Gasteiger partial charge in [0.15, 0.2) is 0 Å². The highest BCUT2D eigenvalue weighted by atomic mass is 79.9. The van der Waals surface area contributed by atoms with Gasteiger partial charge >= 0.3 is 6.03 Å². The summed E-state index contributed by atoms with van der Waals surface area (Å²) in [6, 6.07) is 5.96. The first kappa shape index (κ1) is 14.6. The summed E-state index contributed by atoms with van der Waals surface area (Å²) >= 11 is 6.52. The maximum Gasteiger partial charge on any atom is 0.319 e. The maximum atomic E-state index is 11.8. The predicted molar refractivity (Wildman–Crippen MR) is 86.0 cm³/mol. The molecule has 1 aromatic carbocycles. The lowest BCUT2D eigenvalue weighted by molar-refractivity contribution is 0.253. The van der Waals surface area contributed by atoms with E-state index in [1.54, 1.807) is 4.99 Å². The molecule has 0 aromatic heterocycles. The van der Waals surface area contributed by atoms with Gasteiger partial charge in [0.1, 0.15) is 0 Å². The summed E-state index contributed by atoms with van der Waals surface area (Å²) in [7, 11) is 0. The molecule has 1 aromatic rings. The number of nitrogens with one attached hydrogen (secondary N) is 2. The van der Waals surface area contributed by atoms with E-state index >= 15 is 0 Å². The molecule has 0 bridgehead atoms. The highest BCUT2D eigenvalue weighted by Gasteiger charge is 2.14. The second kappa shape index (κ2) is 7.10. The first-order chi connectivity index (χ1) is 9.20. The van der Waals surface area contributed by atoms with E-state index in [4.69, 9.17) is 0 Å². The number of urea groups is 1. The van der Waals surface area contributed by atoms with Crippen molar-refractivity contribution in [2.75, 3.05) is 11.9 Å². The molecule has 2 N–H and O–H groups in total. The molecule has 102 valence electrons. The standard InChI is InChI=1S/C14H16Br2N2O/c15-8-11(16)9-17-14(19)18-13-7-3-5-10-4-1-2-6-12(10)13/h3,5,7-8H,1-2,4,6,9H2,(H2,17,18,19). The molecule has 0 radical (unpaired) electrons. The number of hydrogen-bond acceptors (Lipinski definition) is 1. The van der Waals surface area contributed by atoms with Crippen LogP contribution in [0.2, 0.25) is 0 Å². The molecule has 1 aliphatic carbocycles. The summed E-state index contributed by atoms with van der Waals surface area (Å²) < 4.78 is 0.887. The van der Waals surface area contributed by atoms with Crippen LogP contribution in [0, 0.1) is 0 Å². The summed E-state index contributed by atoms with van der Waals surface area (Å²) in [6.07, 6.45) is 4.61. The van der Waals surface area contributed by atoms with Gasteiger partial charge in [0, 0.05) is 10.2 Å². The number of carbonyl (C=O) groups is 1. The van der Waals surface area contributed by atoms with Crippen LogP contribution in [-0.4, -0.2) is 12.6 Å². The number of aryl methyl sites for hydroxylation is 1. The lowest BCUT2D eigenvalue weighted by Crippen LogP contribution is -2.30. The van der Waals surface area contributed by atoms with Gasteiger partial charge < -0.3 is 10.6 Å². The number of amides is 2. The first-order valence-electron chi connectivity index (χ1n) is 6.31. The second-order valence-corrected chi connectivity index (χ2v) is 5.99. The van der Waals surface area contributed by atoms with Crippen LogP contribution < -0.4 is 10.6 Å². The monoisotopic (exact) mass is 386 g/mol. The van der Waals surface area contributed by atoms with Crippen LogP contribution in [0.3, 0.4) is 0 Å². The summed E-state index contributed by atoms with van der Waals surface area (Å²) in [5.74, 6) is 0. The van der Waals surface area contributed by atoms with Gasteiger partial charge in [-0.3, -0.25) is 0 Å². The van der Waals surface area contributed by atoms with Crippen molar-refractivity contribution in [1.29, 1.82) is 0 Å². The Bertz CT molecular complexity index is 500. The molecule has 0 fully saturated rings. The number of hydrogen-bond donors (Lipinski definition) is 2. The SMILES string of the molecule is O=C(NCC(Br)=CBr)Nc1cccc2c1CCCC2. The van der Waals surface area contributed by atoms with Crippen molar-refractivity contribution in [2.45, 2.75) is 25.7 Å². The van der Waals surface area contributed by atoms with Crippen molar-refractivity contribution in [3.63, 3.8) is 0 Å². The minimum atomic E-state index is -0.176. The Hall–Kier alpha value is -0.810. The Labute approximate surface area is 130 Å². The van der Waals surface area contributed by atoms with Crippen LogP contribution in [0.4, 0.5) is 10.5 Å². The Morgan fingerprint density at radius 3 is 2.89 bits per heavy atom. The molecule has 5 heteroatoms. The van der Waals surface area contributed by atoms with E-state index in [1.807, 2.05) is 12.1 Å². The maximum absolute atomic E-state index is 11.8. The molecular formula is C14H16Br2N2O. The fraction of sp³-hybridized carbons (Fsp3) is 0.357. The van der Waals surface area contributed by atoms with E-state index in [-0.39, 0.29) is 6.03 Å². The third kappa shape index (κ3) is 4.08. The molecular weight excluding hydrogens is 372 g/mol. The summed E-state index contributed by atoms with van der Waals surface area (Å²) in [5, 5.41) is 5.73. The van der Waals surface area contributed by atoms with Gasteiger partial charge in [0.2, 0.25) is 0 Å². The van der Waals surface area contributed by atoms with E-state index in [0.717, 1.165) is 23.0 Å². The molecule has 0 saturated heterocycles. The van der Waals surface area contributed by atoms with Gasteiger partial charge in [0.25, 0.3) is 0 Å². The number of halogens is 2. The molecule has 3 nitrogen and oxygen atoms in total. The second-order valence-electron chi connectivity index (χ2n) is 4.51. The van der Waals surface area contributed by atoms with Crippen LogP contribution in [0.5, 0.6) is 0 Å². The minimum Gasteiger partial charge on any atom is -0.333 e. The number of carbonyl (C=O) groups excluding carboxylic acids is 1. The Morgan fingerprint density at radius 2 is 2.11 bits per heavy atom. The fourth-order valence-electron chi connectivity index (χ4n) is 2.27. The molecule has 0 atom stereocenters. The number of anilines is 1. The normalized spacial score (nSPS) is 14.7. The Balaban J connectivity index is 2.01. The third-order valence-corrected chi connectivity index (χ3v) is 4.86. The zero-order valence-electron chi connectivity index (χ0n) is 10.5. The zero-order chi connectivity index (χ0) is 13.7. The summed E-state index contributed by atoms with van der Waals surface area (Å²) in [4.78, 5) is 13.6. The first-order valence-corrected chi connectivity index (χ1v) is 8.02. The van der Waals surface area contributed by atoms with Crippen molar-refractivity contribution in [3.8, 4) is 0 Å². The molecule has 2 amide bonds. The van der Waals surface area contributed by atoms with Crippen molar-refractivity contribution in [1.82, 2.24) is 5.32 Å². The molecule has 19 heavy (non-hydrogen) atoms. The highest BCUT2D eigenvalue weighted by molar-refractivity contribution is 9.14. The van der Waals surface area contributed by atoms with Crippen molar-refractivity contribution in [2.24, 2.45) is 0 Å². The van der Waals surface area contributed by atoms with Gasteiger partial charge in [-0.1, -0.05) is 44.0 Å². The highest BCUT2D eigenvalue weighted by Crippen LogP contribution is 2.27. The fourth-order valence-corrected chi connectivity index (χ4v) is 2.57. The molecule has 0 unspecified atom stereocenters. The van der Waals surface area contributed by atoms with E-state index in [1.165, 1.54) is 24.0 Å². The average molecular weight is 388 g/mol. The Kier molecular flexibility index (Phi) is 5.45. The van der Waals surface area contributed by atoms with Crippen LogP contribution in [0.15, 0.2) is 27.7 Å². The van der Waals surface area contributed by atoms with Crippen molar-refractivity contribution < 1.29 is 4.79 Å². The molecule has 0 aliphatic heterocycles. The largest absolute Gasteiger partial charge is 0.333 e. The summed E-state index contributed by atoms with van der Waals surface area (Å²) in [6.45, 7) is 0.464. The number of fused-ring (bicyclic) bond motifs is 1. The quantitative estimate of drug-likeness (QED) is 0.796. The molecule has 0 spiro atoms. The van der Waals surface area contributed by atoms with Crippen LogP contribution in [0.25, 0.3) is 0 Å².